The fourth-order valence-corrected chi connectivity index (χ4v) is 5.28. The molecular weight excluding hydrogens is 506 g/mol. The lowest BCUT2D eigenvalue weighted by Crippen LogP contribution is -2.62. The summed E-state index contributed by atoms with van der Waals surface area (Å²) >= 11 is 0. The Morgan fingerprint density at radius 2 is 1.92 bits per heavy atom. The van der Waals surface area contributed by atoms with Gasteiger partial charge >= 0.3 is 0 Å². The summed E-state index contributed by atoms with van der Waals surface area (Å²) in [4.78, 5) is 24.6. The summed E-state index contributed by atoms with van der Waals surface area (Å²) in [7, 11) is 3.13. The Labute approximate surface area is 224 Å². The minimum Gasteiger partial charge on any atom is -0.497 e. The van der Waals surface area contributed by atoms with Crippen LogP contribution in [-0.4, -0.2) is 69.7 Å². The first-order valence-corrected chi connectivity index (χ1v) is 12.5. The standard InChI is InChI=1S/C27H30F2N8O2/c1-15-13-36(14-21(30)26(15)35(3)16(2)38)24-7-8-31-12-23(24)33-27-32-11-17-5-6-22(34-37(17)27)25-19(28)9-18(39-4)10-20(25)29/h5-12,15,21,26H,13-14,30H2,1-4H3,(H,32,33)/t15-,21+,26-/m0/s1. The number of pyridine rings is 1. The Morgan fingerprint density at radius 3 is 2.59 bits per heavy atom. The average molecular weight is 537 g/mol. The smallest absolute Gasteiger partial charge is 0.229 e. The number of hydrogen-bond donors (Lipinski definition) is 2. The highest BCUT2D eigenvalue weighted by atomic mass is 19.1. The molecule has 3 aromatic heterocycles. The second-order valence-corrected chi connectivity index (χ2v) is 9.79. The quantitative estimate of drug-likeness (QED) is 0.385. The highest BCUT2D eigenvalue weighted by Crippen LogP contribution is 2.33. The van der Waals surface area contributed by atoms with Crippen LogP contribution in [0.1, 0.15) is 13.8 Å². The number of aromatic nitrogens is 4. The first-order valence-electron chi connectivity index (χ1n) is 12.5. The number of anilines is 3. The molecule has 1 amide bonds. The SMILES string of the molecule is COc1cc(F)c(-c2ccc3cnc(Nc4cnccc4N4C[C@@H](N)[C@@H](N(C)C(C)=O)[C@@H](C)C4)n3n2)c(F)c1. The van der Waals surface area contributed by atoms with Crippen molar-refractivity contribution in [3.05, 3.63) is 60.6 Å². The summed E-state index contributed by atoms with van der Waals surface area (Å²) in [6.07, 6.45) is 4.98. The number of hydrogen-bond acceptors (Lipinski definition) is 8. The van der Waals surface area contributed by atoms with E-state index in [1.54, 1.807) is 43.5 Å². The lowest BCUT2D eigenvalue weighted by molar-refractivity contribution is -0.131. The molecule has 10 nitrogen and oxygen atoms in total. The third-order valence-corrected chi connectivity index (χ3v) is 7.18. The Hall–Kier alpha value is -4.32. The van der Waals surface area contributed by atoms with E-state index in [-0.39, 0.29) is 40.9 Å². The van der Waals surface area contributed by atoms with Gasteiger partial charge in [0.2, 0.25) is 11.9 Å². The van der Waals surface area contributed by atoms with Gasteiger partial charge in [0.15, 0.2) is 0 Å². The number of ether oxygens (including phenoxy) is 1. The second kappa shape index (κ2) is 10.4. The number of piperidine rings is 1. The number of carbonyl (C=O) groups is 1. The van der Waals surface area contributed by atoms with Crippen molar-refractivity contribution in [3.8, 4) is 17.0 Å². The summed E-state index contributed by atoms with van der Waals surface area (Å²) in [5.41, 5.74) is 8.53. The molecule has 204 valence electrons. The third kappa shape index (κ3) is 4.94. The van der Waals surface area contributed by atoms with E-state index in [0.29, 0.717) is 30.2 Å². The number of rotatable bonds is 6. The number of amides is 1. The molecule has 12 heteroatoms. The van der Waals surface area contributed by atoms with E-state index >= 15 is 0 Å². The predicted molar refractivity (Wildman–Crippen MR) is 144 cm³/mol. The first-order chi connectivity index (χ1) is 18.7. The van der Waals surface area contributed by atoms with Gasteiger partial charge in [-0.15, -0.1) is 0 Å². The number of likely N-dealkylation sites (N-methyl/N-ethyl adjacent to an activating group) is 1. The van der Waals surface area contributed by atoms with Crippen LogP contribution in [0.5, 0.6) is 5.75 Å². The molecular formula is C27H30F2N8O2. The van der Waals surface area contributed by atoms with E-state index in [1.807, 2.05) is 6.07 Å². The van der Waals surface area contributed by atoms with Crippen molar-refractivity contribution in [2.45, 2.75) is 25.9 Å². The Balaban J connectivity index is 1.46. The van der Waals surface area contributed by atoms with E-state index in [2.05, 4.69) is 32.2 Å². The van der Waals surface area contributed by atoms with Gasteiger partial charge in [0.05, 0.1) is 53.7 Å². The van der Waals surface area contributed by atoms with Crippen molar-refractivity contribution in [2.75, 3.05) is 37.5 Å². The fourth-order valence-electron chi connectivity index (χ4n) is 5.28. The van der Waals surface area contributed by atoms with Crippen LogP contribution in [0.3, 0.4) is 0 Å². The van der Waals surface area contributed by atoms with Crippen LogP contribution in [0.25, 0.3) is 16.8 Å². The molecule has 0 radical (unpaired) electrons. The van der Waals surface area contributed by atoms with E-state index in [4.69, 9.17) is 10.5 Å². The maximum absolute atomic E-state index is 14.8. The Bertz CT molecular complexity index is 1490. The minimum absolute atomic E-state index is 0.0190. The van der Waals surface area contributed by atoms with Crippen molar-refractivity contribution in [3.63, 3.8) is 0 Å². The Morgan fingerprint density at radius 1 is 1.18 bits per heavy atom. The number of nitrogens with zero attached hydrogens (tertiary/aromatic N) is 6. The molecule has 3 N–H and O–H groups in total. The van der Waals surface area contributed by atoms with Gasteiger partial charge in [-0.3, -0.25) is 9.78 Å². The maximum atomic E-state index is 14.8. The highest BCUT2D eigenvalue weighted by Gasteiger charge is 2.36. The van der Waals surface area contributed by atoms with Crippen LogP contribution in [0.15, 0.2) is 48.9 Å². The van der Waals surface area contributed by atoms with Gasteiger partial charge in [0.25, 0.3) is 0 Å². The molecule has 1 aromatic carbocycles. The zero-order valence-electron chi connectivity index (χ0n) is 22.1. The molecule has 39 heavy (non-hydrogen) atoms. The number of halogens is 2. The van der Waals surface area contributed by atoms with Crippen molar-refractivity contribution >= 4 is 28.7 Å². The van der Waals surface area contributed by atoms with E-state index in [9.17, 15) is 13.6 Å². The first kappa shape index (κ1) is 26.3. The van der Waals surface area contributed by atoms with Gasteiger partial charge in [-0.05, 0) is 24.1 Å². The summed E-state index contributed by atoms with van der Waals surface area (Å²) in [5.74, 6) is -1.04. The predicted octanol–water partition coefficient (Wildman–Crippen LogP) is 3.45. The molecule has 1 fully saturated rings. The van der Waals surface area contributed by atoms with E-state index in [1.165, 1.54) is 17.7 Å². The van der Waals surface area contributed by atoms with Crippen molar-refractivity contribution < 1.29 is 18.3 Å². The molecule has 1 aliphatic heterocycles. The number of fused-ring (bicyclic) bond motifs is 1. The zero-order chi connectivity index (χ0) is 27.8. The minimum atomic E-state index is -0.785. The number of benzene rings is 1. The third-order valence-electron chi connectivity index (χ3n) is 7.18. The van der Waals surface area contributed by atoms with E-state index in [0.717, 1.165) is 17.8 Å². The molecule has 0 unspecified atom stereocenters. The van der Waals surface area contributed by atoms with Gasteiger partial charge in [0.1, 0.15) is 17.4 Å². The summed E-state index contributed by atoms with van der Waals surface area (Å²) in [6, 6.07) is 7.00. The fraction of sp³-hybridized carbons (Fsp3) is 0.333. The van der Waals surface area contributed by atoms with Crippen LogP contribution in [0.2, 0.25) is 0 Å². The molecule has 0 aliphatic carbocycles. The largest absolute Gasteiger partial charge is 0.497 e. The van der Waals surface area contributed by atoms with Crippen molar-refractivity contribution in [1.82, 2.24) is 24.5 Å². The summed E-state index contributed by atoms with van der Waals surface area (Å²) < 4.78 is 35.9. The van der Waals surface area contributed by atoms with Crippen LogP contribution >= 0.6 is 0 Å². The number of nitrogens with one attached hydrogen (secondary N) is 1. The second-order valence-electron chi connectivity index (χ2n) is 9.79. The van der Waals surface area contributed by atoms with Crippen LogP contribution < -0.4 is 20.7 Å². The van der Waals surface area contributed by atoms with Gasteiger partial charge in [-0.1, -0.05) is 6.92 Å². The number of nitrogens with two attached hydrogens (primary N) is 1. The summed E-state index contributed by atoms with van der Waals surface area (Å²) in [5, 5.41) is 7.74. The average Bonchev–Trinajstić information content (AvgIpc) is 3.29. The molecule has 0 saturated carbocycles. The van der Waals surface area contributed by atoms with Gasteiger partial charge in [-0.2, -0.15) is 9.61 Å². The molecule has 3 atom stereocenters. The highest BCUT2D eigenvalue weighted by molar-refractivity contribution is 5.75. The van der Waals surface area contributed by atoms with Gasteiger partial charge in [-0.25, -0.2) is 13.8 Å². The number of imidazole rings is 1. The lowest BCUT2D eigenvalue weighted by Gasteiger charge is -2.46. The molecule has 4 heterocycles. The summed E-state index contributed by atoms with van der Waals surface area (Å²) in [6.45, 7) is 4.83. The molecule has 1 saturated heterocycles. The molecule has 1 aliphatic rings. The van der Waals surface area contributed by atoms with Gasteiger partial charge in [0, 0.05) is 51.4 Å². The molecule has 5 rings (SSSR count). The molecule has 0 bridgehead atoms. The van der Waals surface area contributed by atoms with Gasteiger partial charge < -0.3 is 25.6 Å². The lowest BCUT2D eigenvalue weighted by atomic mass is 9.88. The normalized spacial score (nSPS) is 19.3. The topological polar surface area (TPSA) is 114 Å². The number of methoxy groups -OCH3 is 1. The van der Waals surface area contributed by atoms with Crippen LogP contribution in [-0.2, 0) is 4.79 Å². The monoisotopic (exact) mass is 536 g/mol. The van der Waals surface area contributed by atoms with E-state index < -0.39 is 11.6 Å². The molecule has 4 aromatic rings. The van der Waals surface area contributed by atoms with Crippen molar-refractivity contribution in [1.29, 1.82) is 0 Å². The van der Waals surface area contributed by atoms with Crippen LogP contribution in [0.4, 0.5) is 26.1 Å². The van der Waals surface area contributed by atoms with Crippen LogP contribution in [0, 0.1) is 17.6 Å². The molecule has 0 spiro atoms. The Kier molecular flexibility index (Phi) is 7.04. The zero-order valence-corrected chi connectivity index (χ0v) is 22.1. The maximum Gasteiger partial charge on any atom is 0.229 e. The number of carbonyl (C=O) groups excluding carboxylic acids is 1. The van der Waals surface area contributed by atoms with Crippen molar-refractivity contribution in [2.24, 2.45) is 11.7 Å².